The van der Waals surface area contributed by atoms with Crippen LogP contribution in [0, 0.1) is 18.6 Å². The molecular formula is C23H26F2N4O3. The zero-order valence-electron chi connectivity index (χ0n) is 18.1. The normalized spacial score (nSPS) is 15.6. The first-order valence-corrected chi connectivity index (χ1v) is 10.6. The lowest BCUT2D eigenvalue weighted by atomic mass is 10.2. The average Bonchev–Trinajstić information content (AvgIpc) is 3.14. The van der Waals surface area contributed by atoms with E-state index < -0.39 is 11.6 Å². The van der Waals surface area contributed by atoms with Crippen LogP contribution in [0.2, 0.25) is 0 Å². The van der Waals surface area contributed by atoms with Crippen molar-refractivity contribution >= 4 is 11.6 Å². The lowest BCUT2D eigenvalue weighted by Crippen LogP contribution is -2.47. The predicted octanol–water partition coefficient (Wildman–Crippen LogP) is 2.95. The summed E-state index contributed by atoms with van der Waals surface area (Å²) in [5.74, 6) is -1.26. The molecule has 1 unspecified atom stereocenters. The molecule has 1 atom stereocenters. The molecule has 32 heavy (non-hydrogen) atoms. The molecule has 9 heteroatoms. The molecule has 0 radical (unpaired) electrons. The number of nitrogens with zero attached hydrogens (tertiary/aromatic N) is 3. The summed E-state index contributed by atoms with van der Waals surface area (Å²) >= 11 is 0. The fourth-order valence-electron chi connectivity index (χ4n) is 3.83. The van der Waals surface area contributed by atoms with Crippen molar-refractivity contribution < 1.29 is 23.0 Å². The number of benzene rings is 1. The van der Waals surface area contributed by atoms with Gasteiger partial charge in [-0.15, -0.1) is 0 Å². The van der Waals surface area contributed by atoms with Crippen LogP contribution in [0.4, 0.5) is 8.78 Å². The van der Waals surface area contributed by atoms with E-state index in [2.05, 4.69) is 22.1 Å². The summed E-state index contributed by atoms with van der Waals surface area (Å²) in [7, 11) is 0. The number of imidazole rings is 1. The third-order valence-electron chi connectivity index (χ3n) is 5.66. The fraction of sp³-hybridized carbons (Fsp3) is 0.391. The summed E-state index contributed by atoms with van der Waals surface area (Å²) in [4.78, 5) is 19.7. The van der Waals surface area contributed by atoms with E-state index in [9.17, 15) is 13.6 Å². The number of rotatable bonds is 7. The number of fused-ring (bicyclic) bond motifs is 1. The van der Waals surface area contributed by atoms with E-state index in [1.54, 1.807) is 29.7 Å². The van der Waals surface area contributed by atoms with Gasteiger partial charge in [-0.1, -0.05) is 6.07 Å². The maximum atomic E-state index is 13.9. The number of hydrogen-bond donors (Lipinski definition) is 1. The maximum absolute atomic E-state index is 13.9. The third-order valence-corrected chi connectivity index (χ3v) is 5.66. The Labute approximate surface area is 184 Å². The molecule has 0 aliphatic carbocycles. The number of carbonyl (C=O) groups excluding carboxylic acids is 1. The van der Waals surface area contributed by atoms with E-state index in [-0.39, 0.29) is 24.1 Å². The molecule has 1 aliphatic heterocycles. The van der Waals surface area contributed by atoms with E-state index in [0.717, 1.165) is 13.1 Å². The van der Waals surface area contributed by atoms with Crippen LogP contribution < -0.4 is 10.1 Å². The van der Waals surface area contributed by atoms with Gasteiger partial charge >= 0.3 is 0 Å². The van der Waals surface area contributed by atoms with Gasteiger partial charge in [0, 0.05) is 31.9 Å². The van der Waals surface area contributed by atoms with Crippen molar-refractivity contribution in [3.63, 3.8) is 0 Å². The van der Waals surface area contributed by atoms with Gasteiger partial charge in [-0.25, -0.2) is 13.8 Å². The number of carbonyl (C=O) groups is 1. The number of morpholine rings is 1. The van der Waals surface area contributed by atoms with Crippen molar-refractivity contribution in [2.45, 2.75) is 26.5 Å². The lowest BCUT2D eigenvalue weighted by Gasteiger charge is -2.32. The summed E-state index contributed by atoms with van der Waals surface area (Å²) in [6.07, 6.45) is 1.71. The number of aromatic nitrogens is 2. The zero-order chi connectivity index (χ0) is 22.7. The van der Waals surface area contributed by atoms with Gasteiger partial charge in [0.1, 0.15) is 23.9 Å². The molecule has 3 aromatic rings. The summed E-state index contributed by atoms with van der Waals surface area (Å²) in [5.41, 5.74) is 1.19. The van der Waals surface area contributed by atoms with Crippen LogP contribution in [-0.2, 0) is 11.3 Å². The van der Waals surface area contributed by atoms with Crippen LogP contribution in [-0.4, -0.2) is 59.1 Å². The highest BCUT2D eigenvalue weighted by atomic mass is 19.1. The van der Waals surface area contributed by atoms with E-state index in [1.165, 1.54) is 18.2 Å². The minimum Gasteiger partial charge on any atom is -0.485 e. The van der Waals surface area contributed by atoms with Gasteiger partial charge in [0.15, 0.2) is 11.4 Å². The Balaban J connectivity index is 1.49. The number of amides is 1. The van der Waals surface area contributed by atoms with Gasteiger partial charge in [0.25, 0.3) is 5.91 Å². The average molecular weight is 444 g/mol. The summed E-state index contributed by atoms with van der Waals surface area (Å²) in [6.45, 7) is 7.10. The van der Waals surface area contributed by atoms with Crippen molar-refractivity contribution in [1.82, 2.24) is 19.6 Å². The van der Waals surface area contributed by atoms with Crippen molar-refractivity contribution in [2.24, 2.45) is 0 Å². The first kappa shape index (κ1) is 22.2. The standard InChI is InChI=1S/C23H26F2N4O3/c1-15(28-9-11-31-12-10-28)13-26-23(30)21-16(2)27-22-20(7-4-8-29(21)22)32-14-17-18(24)5-3-6-19(17)25/h3-8,15H,9-14H2,1-2H3,(H,26,30). The number of pyridine rings is 1. The molecular weight excluding hydrogens is 418 g/mol. The lowest BCUT2D eigenvalue weighted by molar-refractivity contribution is 0.0204. The molecule has 1 saturated heterocycles. The SMILES string of the molecule is Cc1nc2c(OCc3c(F)cccc3F)cccn2c1C(=O)NCC(C)N1CCOCC1. The Morgan fingerprint density at radius 1 is 1.22 bits per heavy atom. The van der Waals surface area contributed by atoms with Crippen molar-refractivity contribution in [3.8, 4) is 5.75 Å². The Morgan fingerprint density at radius 2 is 1.94 bits per heavy atom. The van der Waals surface area contributed by atoms with Crippen LogP contribution in [0.1, 0.15) is 28.7 Å². The Kier molecular flexibility index (Phi) is 6.66. The smallest absolute Gasteiger partial charge is 0.270 e. The van der Waals surface area contributed by atoms with Crippen molar-refractivity contribution in [1.29, 1.82) is 0 Å². The highest BCUT2D eigenvalue weighted by Crippen LogP contribution is 2.24. The Hall–Kier alpha value is -3.04. The molecule has 1 aliphatic rings. The topological polar surface area (TPSA) is 68.1 Å². The number of hydrogen-bond acceptors (Lipinski definition) is 5. The molecule has 4 rings (SSSR count). The van der Waals surface area contributed by atoms with Gasteiger partial charge in [0.2, 0.25) is 0 Å². The fourth-order valence-corrected chi connectivity index (χ4v) is 3.83. The van der Waals surface area contributed by atoms with Gasteiger partial charge in [-0.2, -0.15) is 0 Å². The molecule has 7 nitrogen and oxygen atoms in total. The molecule has 2 aromatic heterocycles. The molecule has 0 bridgehead atoms. The van der Waals surface area contributed by atoms with Crippen LogP contribution in [0.5, 0.6) is 5.75 Å². The zero-order valence-corrected chi connectivity index (χ0v) is 18.1. The minimum atomic E-state index is -0.675. The first-order chi connectivity index (χ1) is 15.5. The van der Waals surface area contributed by atoms with Crippen LogP contribution in [0.25, 0.3) is 5.65 Å². The second kappa shape index (κ2) is 9.62. The molecule has 1 amide bonds. The van der Waals surface area contributed by atoms with Crippen molar-refractivity contribution in [3.05, 3.63) is 65.1 Å². The molecule has 1 aromatic carbocycles. The van der Waals surface area contributed by atoms with Gasteiger partial charge in [-0.3, -0.25) is 14.1 Å². The molecule has 1 N–H and O–H groups in total. The summed E-state index contributed by atoms with van der Waals surface area (Å²) in [6, 6.07) is 7.20. The number of aryl methyl sites for hydroxylation is 1. The van der Waals surface area contributed by atoms with Crippen LogP contribution in [0.3, 0.4) is 0 Å². The van der Waals surface area contributed by atoms with Gasteiger partial charge < -0.3 is 14.8 Å². The quantitative estimate of drug-likeness (QED) is 0.607. The first-order valence-electron chi connectivity index (χ1n) is 10.6. The van der Waals surface area contributed by atoms with Gasteiger partial charge in [0.05, 0.1) is 24.5 Å². The Morgan fingerprint density at radius 3 is 2.66 bits per heavy atom. The van der Waals surface area contributed by atoms with Crippen molar-refractivity contribution in [2.75, 3.05) is 32.8 Å². The largest absolute Gasteiger partial charge is 0.485 e. The predicted molar refractivity (Wildman–Crippen MR) is 115 cm³/mol. The number of halogens is 2. The molecule has 0 saturated carbocycles. The van der Waals surface area contributed by atoms with E-state index in [1.807, 2.05) is 0 Å². The molecule has 0 spiro atoms. The van der Waals surface area contributed by atoms with E-state index >= 15 is 0 Å². The highest BCUT2D eigenvalue weighted by Gasteiger charge is 2.22. The monoisotopic (exact) mass is 444 g/mol. The number of nitrogens with one attached hydrogen (secondary N) is 1. The second-order valence-corrected chi connectivity index (χ2v) is 7.81. The molecule has 170 valence electrons. The molecule has 3 heterocycles. The van der Waals surface area contributed by atoms with Crippen LogP contribution in [0.15, 0.2) is 36.5 Å². The minimum absolute atomic E-state index is 0.159. The van der Waals surface area contributed by atoms with E-state index in [0.29, 0.717) is 42.5 Å². The summed E-state index contributed by atoms with van der Waals surface area (Å²) in [5, 5.41) is 2.99. The van der Waals surface area contributed by atoms with Crippen LogP contribution >= 0.6 is 0 Å². The Bertz CT molecular complexity index is 1090. The van der Waals surface area contributed by atoms with E-state index in [4.69, 9.17) is 9.47 Å². The third kappa shape index (κ3) is 4.58. The maximum Gasteiger partial charge on any atom is 0.270 e. The second-order valence-electron chi connectivity index (χ2n) is 7.81. The molecule has 1 fully saturated rings. The summed E-state index contributed by atoms with van der Waals surface area (Å²) < 4.78 is 40.5. The van der Waals surface area contributed by atoms with Gasteiger partial charge in [-0.05, 0) is 38.1 Å². The number of ether oxygens (including phenoxy) is 2. The highest BCUT2D eigenvalue weighted by molar-refractivity contribution is 5.95.